The predicted octanol–water partition coefficient (Wildman–Crippen LogP) is 2.06. The number of hydrogen-bond acceptors (Lipinski definition) is 8. The molecule has 218 valence electrons. The maximum atomic E-state index is 13.8. The Balaban J connectivity index is 1.70. The molecule has 3 aromatic carbocycles. The largest absolute Gasteiger partial charge is 0.508 e. The summed E-state index contributed by atoms with van der Waals surface area (Å²) in [4.78, 5) is 55.7. The Bertz CT molecular complexity index is 1550. The zero-order valence-corrected chi connectivity index (χ0v) is 22.2. The molecule has 0 aliphatic carbocycles. The third-order valence-electron chi connectivity index (χ3n) is 6.41. The highest BCUT2D eigenvalue weighted by molar-refractivity contribution is 6.02. The highest BCUT2D eigenvalue weighted by Gasteiger charge is 2.34. The molecule has 1 heterocycles. The van der Waals surface area contributed by atoms with E-state index in [1.807, 2.05) is 0 Å². The number of aromatic hydroxyl groups is 1. The summed E-state index contributed by atoms with van der Waals surface area (Å²) in [6.07, 6.45) is 0.547. The topological polar surface area (TPSA) is 215 Å². The average molecular weight is 577 g/mol. The number of ether oxygens (including phenoxy) is 2. The molecule has 13 heteroatoms. The number of aliphatic carboxylic acids is 2. The number of esters is 1. The van der Waals surface area contributed by atoms with Crippen molar-refractivity contribution in [3.8, 4) is 17.2 Å². The minimum atomic E-state index is -1.58. The van der Waals surface area contributed by atoms with Crippen molar-refractivity contribution >= 4 is 35.5 Å². The molecular weight excluding hydrogens is 548 g/mol. The van der Waals surface area contributed by atoms with Crippen LogP contribution in [0.5, 0.6) is 17.2 Å². The fourth-order valence-corrected chi connectivity index (χ4v) is 4.52. The predicted molar refractivity (Wildman–Crippen MR) is 149 cm³/mol. The molecule has 3 aromatic rings. The number of phenolic OH excluding ortho intramolecular Hbond substituents is 1. The summed E-state index contributed by atoms with van der Waals surface area (Å²) in [7, 11) is 0. The van der Waals surface area contributed by atoms with Gasteiger partial charge in [-0.25, -0.2) is 14.6 Å². The number of nitrogens with zero attached hydrogens (tertiary/aromatic N) is 2. The standard InChI is InChI=1S/C29H28N4O9/c30-29(31)32-18-8-11-20-17(14-18)3-2-12-41-25-21(4-1-5-23(25)42-28(20)40)26(37)33(15-24(35)36)22(27(38)39)13-16-6-9-19(34)10-7-16/h1,4-11,14,22,34H,2-3,12-13,15H2,(H,35,36)(H,38,39)(H4,30,31,32). The van der Waals surface area contributed by atoms with Crippen molar-refractivity contribution in [3.05, 3.63) is 82.9 Å². The van der Waals surface area contributed by atoms with Gasteiger partial charge in [0.25, 0.3) is 5.91 Å². The summed E-state index contributed by atoms with van der Waals surface area (Å²) in [5.74, 6) is -4.97. The van der Waals surface area contributed by atoms with Gasteiger partial charge in [0.1, 0.15) is 18.3 Å². The Labute approximate surface area is 239 Å². The fraction of sp³-hybridized carbons (Fsp3) is 0.207. The zero-order valence-electron chi connectivity index (χ0n) is 22.2. The number of para-hydroxylation sites is 1. The number of carboxylic acid groups (broad SMARTS) is 2. The van der Waals surface area contributed by atoms with Crippen LogP contribution < -0.4 is 20.9 Å². The van der Waals surface area contributed by atoms with Gasteiger partial charge >= 0.3 is 17.9 Å². The summed E-state index contributed by atoms with van der Waals surface area (Å²) in [6, 6.07) is 12.9. The first-order valence-electron chi connectivity index (χ1n) is 12.8. The highest BCUT2D eigenvalue weighted by atomic mass is 16.6. The summed E-state index contributed by atoms with van der Waals surface area (Å²) < 4.78 is 11.5. The maximum absolute atomic E-state index is 13.8. The van der Waals surface area contributed by atoms with E-state index < -0.39 is 36.4 Å². The van der Waals surface area contributed by atoms with Gasteiger partial charge in [0.2, 0.25) is 0 Å². The monoisotopic (exact) mass is 576 g/mol. The van der Waals surface area contributed by atoms with E-state index in [1.54, 1.807) is 12.1 Å². The molecule has 42 heavy (non-hydrogen) atoms. The number of carbonyl (C=O) groups excluding carboxylic acids is 2. The van der Waals surface area contributed by atoms with Crippen LogP contribution in [0.15, 0.2) is 65.7 Å². The van der Waals surface area contributed by atoms with Crippen molar-refractivity contribution < 1.29 is 44.0 Å². The van der Waals surface area contributed by atoms with Crippen LogP contribution in [0.2, 0.25) is 0 Å². The van der Waals surface area contributed by atoms with E-state index in [4.69, 9.17) is 20.9 Å². The van der Waals surface area contributed by atoms with Crippen LogP contribution in [-0.4, -0.2) is 69.2 Å². The number of phenols is 1. The van der Waals surface area contributed by atoms with Crippen molar-refractivity contribution in [2.24, 2.45) is 16.5 Å². The van der Waals surface area contributed by atoms with Gasteiger partial charge in [-0.05, 0) is 66.4 Å². The number of aryl methyl sites for hydroxylation is 1. The molecule has 7 N–H and O–H groups in total. The number of nitrogens with two attached hydrogens (primary N) is 2. The Morgan fingerprint density at radius 2 is 1.76 bits per heavy atom. The molecule has 1 amide bonds. The van der Waals surface area contributed by atoms with Gasteiger partial charge in [0, 0.05) is 6.42 Å². The number of aliphatic imine (C=N–C) groups is 1. The zero-order chi connectivity index (χ0) is 30.4. The first-order chi connectivity index (χ1) is 20.0. The van der Waals surface area contributed by atoms with Crippen LogP contribution in [0.4, 0.5) is 5.69 Å². The molecule has 0 fully saturated rings. The van der Waals surface area contributed by atoms with Crippen LogP contribution in [-0.2, 0) is 22.4 Å². The number of fused-ring (bicyclic) bond motifs is 2. The molecule has 13 nitrogen and oxygen atoms in total. The SMILES string of the molecule is NC(N)=Nc1ccc2c(c1)CCCOc1c(cccc1C(=O)N(CC(=O)O)C(Cc1ccc(O)cc1)C(=O)O)OC2=O. The molecule has 1 atom stereocenters. The molecule has 0 radical (unpaired) electrons. The molecule has 0 aromatic heterocycles. The number of carbonyl (C=O) groups is 4. The van der Waals surface area contributed by atoms with Crippen molar-refractivity contribution in [2.45, 2.75) is 25.3 Å². The summed E-state index contributed by atoms with van der Waals surface area (Å²) >= 11 is 0. The van der Waals surface area contributed by atoms with Crippen LogP contribution in [0.1, 0.15) is 38.3 Å². The molecule has 0 bridgehead atoms. The second-order valence-electron chi connectivity index (χ2n) is 9.40. The number of amides is 1. The highest BCUT2D eigenvalue weighted by Crippen LogP contribution is 2.35. The first kappa shape index (κ1) is 29.4. The van der Waals surface area contributed by atoms with Crippen LogP contribution >= 0.6 is 0 Å². The van der Waals surface area contributed by atoms with Crippen molar-refractivity contribution in [1.29, 1.82) is 0 Å². The normalized spacial score (nSPS) is 13.3. The molecule has 0 spiro atoms. The smallest absolute Gasteiger partial charge is 0.343 e. The number of hydrogen-bond donors (Lipinski definition) is 5. The molecule has 1 aliphatic rings. The van der Waals surface area contributed by atoms with Crippen molar-refractivity contribution in [2.75, 3.05) is 13.2 Å². The summed E-state index contributed by atoms with van der Waals surface area (Å²) in [6.45, 7) is -0.849. The Morgan fingerprint density at radius 1 is 1.02 bits per heavy atom. The van der Waals surface area contributed by atoms with Gasteiger partial charge in [-0.3, -0.25) is 9.59 Å². The Morgan fingerprint density at radius 3 is 2.43 bits per heavy atom. The van der Waals surface area contributed by atoms with Gasteiger partial charge in [-0.15, -0.1) is 0 Å². The van der Waals surface area contributed by atoms with Gasteiger partial charge in [0.05, 0.1) is 23.4 Å². The van der Waals surface area contributed by atoms with E-state index in [0.29, 0.717) is 34.6 Å². The van der Waals surface area contributed by atoms with Crippen LogP contribution in [0, 0.1) is 0 Å². The number of rotatable bonds is 8. The average Bonchev–Trinajstić information content (AvgIpc) is 2.93. The van der Waals surface area contributed by atoms with Crippen LogP contribution in [0.25, 0.3) is 0 Å². The number of benzene rings is 3. The van der Waals surface area contributed by atoms with E-state index in [0.717, 1.165) is 0 Å². The fourth-order valence-electron chi connectivity index (χ4n) is 4.52. The van der Waals surface area contributed by atoms with E-state index in [-0.39, 0.29) is 47.4 Å². The van der Waals surface area contributed by atoms with E-state index >= 15 is 0 Å². The lowest BCUT2D eigenvalue weighted by molar-refractivity contribution is -0.144. The molecule has 4 rings (SSSR count). The molecule has 0 saturated heterocycles. The van der Waals surface area contributed by atoms with Crippen molar-refractivity contribution in [3.63, 3.8) is 0 Å². The quantitative estimate of drug-likeness (QED) is 0.113. The second-order valence-corrected chi connectivity index (χ2v) is 9.40. The molecule has 1 aliphatic heterocycles. The molecule has 1 unspecified atom stereocenters. The van der Waals surface area contributed by atoms with E-state index in [9.17, 15) is 34.5 Å². The third-order valence-corrected chi connectivity index (χ3v) is 6.41. The first-order valence-corrected chi connectivity index (χ1v) is 12.8. The van der Waals surface area contributed by atoms with Gasteiger partial charge in [-0.1, -0.05) is 18.2 Å². The van der Waals surface area contributed by atoms with Gasteiger partial charge in [-0.2, -0.15) is 0 Å². The number of guanidine groups is 1. The number of carboxylic acids is 2. The lowest BCUT2D eigenvalue weighted by Crippen LogP contribution is -2.48. The second kappa shape index (κ2) is 12.7. The van der Waals surface area contributed by atoms with E-state index in [1.165, 1.54) is 48.5 Å². The third kappa shape index (κ3) is 6.94. The van der Waals surface area contributed by atoms with E-state index in [2.05, 4.69) is 4.99 Å². The maximum Gasteiger partial charge on any atom is 0.343 e. The van der Waals surface area contributed by atoms with Crippen LogP contribution in [0.3, 0.4) is 0 Å². The summed E-state index contributed by atoms with van der Waals surface area (Å²) in [5.41, 5.74) is 12.5. The van der Waals surface area contributed by atoms with Gasteiger partial charge in [0.15, 0.2) is 17.5 Å². The molecular formula is C29H28N4O9. The molecule has 0 saturated carbocycles. The summed E-state index contributed by atoms with van der Waals surface area (Å²) in [5, 5.41) is 29.1. The lowest BCUT2D eigenvalue weighted by Gasteiger charge is -2.29. The minimum absolute atomic E-state index is 0.0396. The minimum Gasteiger partial charge on any atom is -0.508 e. The Hall–Kier alpha value is -5.59. The van der Waals surface area contributed by atoms with Gasteiger partial charge < -0.3 is 41.2 Å². The van der Waals surface area contributed by atoms with Crippen molar-refractivity contribution in [1.82, 2.24) is 4.90 Å². The Kier molecular flexibility index (Phi) is 8.90. The lowest BCUT2D eigenvalue weighted by atomic mass is 10.0.